The third-order valence-corrected chi connectivity index (χ3v) is 3.31. The first-order valence-electron chi connectivity index (χ1n) is 7.23. The first-order chi connectivity index (χ1) is 9.97. The van der Waals surface area contributed by atoms with Crippen LogP contribution in [0.2, 0.25) is 0 Å². The molecule has 0 fully saturated rings. The molecule has 21 heavy (non-hydrogen) atoms. The summed E-state index contributed by atoms with van der Waals surface area (Å²) in [4.78, 5) is 0. The summed E-state index contributed by atoms with van der Waals surface area (Å²) in [5, 5.41) is 3.23. The van der Waals surface area contributed by atoms with Crippen LogP contribution in [-0.4, -0.2) is 6.04 Å². The van der Waals surface area contributed by atoms with Crippen molar-refractivity contribution in [3.05, 3.63) is 58.9 Å². The zero-order chi connectivity index (χ0) is 15.4. The largest absolute Gasteiger partial charge is 0.457 e. The van der Waals surface area contributed by atoms with Gasteiger partial charge in [-0.05, 0) is 37.6 Å². The lowest BCUT2D eigenvalue weighted by atomic mass is 10.1. The fourth-order valence-corrected chi connectivity index (χ4v) is 2.14. The normalized spacial score (nSPS) is 11.0. The molecule has 0 aromatic heterocycles. The number of hydrogen-bond acceptors (Lipinski definition) is 2. The molecule has 2 nitrogen and oxygen atoms in total. The van der Waals surface area contributed by atoms with Crippen LogP contribution >= 0.6 is 0 Å². The molecule has 2 aromatic rings. The van der Waals surface area contributed by atoms with E-state index in [-0.39, 0.29) is 5.82 Å². The van der Waals surface area contributed by atoms with Crippen LogP contribution in [0.3, 0.4) is 0 Å². The van der Waals surface area contributed by atoms with Crippen LogP contribution < -0.4 is 10.1 Å². The van der Waals surface area contributed by atoms with Crippen molar-refractivity contribution in [3.8, 4) is 11.5 Å². The molecule has 2 aromatic carbocycles. The lowest BCUT2D eigenvalue weighted by Crippen LogP contribution is -2.22. The van der Waals surface area contributed by atoms with Crippen LogP contribution in [-0.2, 0) is 6.54 Å². The molecule has 0 aliphatic carbocycles. The van der Waals surface area contributed by atoms with Crippen molar-refractivity contribution in [3.63, 3.8) is 0 Å². The highest BCUT2D eigenvalue weighted by atomic mass is 19.1. The molecular formula is C18H22FNO. The van der Waals surface area contributed by atoms with Crippen LogP contribution in [0.25, 0.3) is 0 Å². The van der Waals surface area contributed by atoms with E-state index < -0.39 is 0 Å². The zero-order valence-corrected chi connectivity index (χ0v) is 13.0. The van der Waals surface area contributed by atoms with Crippen molar-refractivity contribution in [1.29, 1.82) is 0 Å². The summed E-state index contributed by atoms with van der Waals surface area (Å²) in [5.41, 5.74) is 2.79. The summed E-state index contributed by atoms with van der Waals surface area (Å²) in [6.07, 6.45) is 0. The Morgan fingerprint density at radius 2 is 1.86 bits per heavy atom. The third-order valence-electron chi connectivity index (χ3n) is 3.31. The Hall–Kier alpha value is -1.87. The van der Waals surface area contributed by atoms with Gasteiger partial charge >= 0.3 is 0 Å². The lowest BCUT2D eigenvalue weighted by molar-refractivity contribution is 0.454. The van der Waals surface area contributed by atoms with E-state index in [1.807, 2.05) is 39.8 Å². The number of hydrogen-bond donors (Lipinski definition) is 1. The van der Waals surface area contributed by atoms with Crippen LogP contribution in [0.4, 0.5) is 4.39 Å². The molecule has 0 saturated carbocycles. The van der Waals surface area contributed by atoms with Crippen LogP contribution in [0, 0.1) is 19.7 Å². The monoisotopic (exact) mass is 287 g/mol. The van der Waals surface area contributed by atoms with Gasteiger partial charge in [0.2, 0.25) is 0 Å². The average Bonchev–Trinajstić information content (AvgIpc) is 2.41. The van der Waals surface area contributed by atoms with Gasteiger partial charge in [0, 0.05) is 18.2 Å². The molecular weight excluding hydrogens is 265 g/mol. The molecule has 112 valence electrons. The third kappa shape index (κ3) is 4.05. The Labute approximate surface area is 126 Å². The zero-order valence-electron chi connectivity index (χ0n) is 13.0. The number of rotatable bonds is 5. The Bertz CT molecular complexity index is 623. The maximum atomic E-state index is 14.0. The maximum Gasteiger partial charge on any atom is 0.134 e. The average molecular weight is 287 g/mol. The lowest BCUT2D eigenvalue weighted by Gasteiger charge is -2.15. The smallest absolute Gasteiger partial charge is 0.134 e. The first-order valence-corrected chi connectivity index (χ1v) is 7.23. The number of halogens is 1. The second kappa shape index (κ2) is 6.72. The molecule has 0 spiro atoms. The van der Waals surface area contributed by atoms with Gasteiger partial charge in [0.1, 0.15) is 17.3 Å². The van der Waals surface area contributed by atoms with Crippen LogP contribution in [0.1, 0.15) is 30.5 Å². The van der Waals surface area contributed by atoms with E-state index in [0.29, 0.717) is 23.9 Å². The van der Waals surface area contributed by atoms with Crippen molar-refractivity contribution >= 4 is 0 Å². The standard InChI is InChI=1S/C18H22FNO/c1-12(2)20-11-15-16(19)6-5-7-18(15)21-17-9-8-13(3)10-14(17)4/h5-10,12,20H,11H2,1-4H3. The summed E-state index contributed by atoms with van der Waals surface area (Å²) in [6, 6.07) is 11.2. The van der Waals surface area contributed by atoms with E-state index in [0.717, 1.165) is 11.3 Å². The molecule has 0 aliphatic heterocycles. The topological polar surface area (TPSA) is 21.3 Å². The van der Waals surface area contributed by atoms with E-state index in [9.17, 15) is 4.39 Å². The Balaban J connectivity index is 2.28. The van der Waals surface area contributed by atoms with E-state index in [1.165, 1.54) is 11.6 Å². The summed E-state index contributed by atoms with van der Waals surface area (Å²) in [6.45, 7) is 8.55. The number of aryl methyl sites for hydroxylation is 2. The van der Waals surface area contributed by atoms with Gasteiger partial charge in [-0.15, -0.1) is 0 Å². The predicted molar refractivity (Wildman–Crippen MR) is 84.4 cm³/mol. The minimum Gasteiger partial charge on any atom is -0.457 e. The van der Waals surface area contributed by atoms with E-state index >= 15 is 0 Å². The quantitative estimate of drug-likeness (QED) is 0.858. The molecule has 1 N–H and O–H groups in total. The molecule has 0 amide bonds. The summed E-state index contributed by atoms with van der Waals surface area (Å²) in [7, 11) is 0. The SMILES string of the molecule is Cc1ccc(Oc2cccc(F)c2CNC(C)C)c(C)c1. The minimum atomic E-state index is -0.245. The molecule has 0 saturated heterocycles. The molecule has 0 radical (unpaired) electrons. The fraction of sp³-hybridized carbons (Fsp3) is 0.333. The summed E-state index contributed by atoms with van der Waals surface area (Å²) >= 11 is 0. The second-order valence-electron chi connectivity index (χ2n) is 5.62. The molecule has 0 bridgehead atoms. The predicted octanol–water partition coefficient (Wildman–Crippen LogP) is 4.73. The number of benzene rings is 2. The molecule has 3 heteroatoms. The van der Waals surface area contributed by atoms with Gasteiger partial charge in [-0.25, -0.2) is 4.39 Å². The van der Waals surface area contributed by atoms with Gasteiger partial charge in [-0.2, -0.15) is 0 Å². The van der Waals surface area contributed by atoms with Crippen molar-refractivity contribution < 1.29 is 9.13 Å². The van der Waals surface area contributed by atoms with Gasteiger partial charge in [-0.1, -0.05) is 37.6 Å². The van der Waals surface area contributed by atoms with Crippen molar-refractivity contribution in [2.24, 2.45) is 0 Å². The number of nitrogens with one attached hydrogen (secondary N) is 1. The highest BCUT2D eigenvalue weighted by molar-refractivity contribution is 5.42. The summed E-state index contributed by atoms with van der Waals surface area (Å²) in [5.74, 6) is 1.08. The molecule has 0 unspecified atom stereocenters. The molecule has 0 atom stereocenters. The highest BCUT2D eigenvalue weighted by Gasteiger charge is 2.12. The van der Waals surface area contributed by atoms with Gasteiger partial charge in [-0.3, -0.25) is 0 Å². The Morgan fingerprint density at radius 1 is 1.10 bits per heavy atom. The Kier molecular flexibility index (Phi) is 4.97. The second-order valence-corrected chi connectivity index (χ2v) is 5.62. The fourth-order valence-electron chi connectivity index (χ4n) is 2.14. The van der Waals surface area contributed by atoms with Crippen molar-refractivity contribution in [2.45, 2.75) is 40.3 Å². The van der Waals surface area contributed by atoms with Gasteiger partial charge in [0.15, 0.2) is 0 Å². The molecule has 2 rings (SSSR count). The van der Waals surface area contributed by atoms with E-state index in [1.54, 1.807) is 12.1 Å². The van der Waals surface area contributed by atoms with Crippen molar-refractivity contribution in [2.75, 3.05) is 0 Å². The Morgan fingerprint density at radius 3 is 2.52 bits per heavy atom. The van der Waals surface area contributed by atoms with Gasteiger partial charge in [0.05, 0.1) is 0 Å². The van der Waals surface area contributed by atoms with E-state index in [4.69, 9.17) is 4.74 Å². The van der Waals surface area contributed by atoms with Crippen LogP contribution in [0.15, 0.2) is 36.4 Å². The van der Waals surface area contributed by atoms with Crippen molar-refractivity contribution in [1.82, 2.24) is 5.32 Å². The van der Waals surface area contributed by atoms with Gasteiger partial charge in [0.25, 0.3) is 0 Å². The van der Waals surface area contributed by atoms with E-state index in [2.05, 4.69) is 11.4 Å². The van der Waals surface area contributed by atoms with Crippen LogP contribution in [0.5, 0.6) is 11.5 Å². The molecule has 0 aliphatic rings. The summed E-state index contributed by atoms with van der Waals surface area (Å²) < 4.78 is 20.0. The number of ether oxygens (including phenoxy) is 1. The highest BCUT2D eigenvalue weighted by Crippen LogP contribution is 2.29. The minimum absolute atomic E-state index is 0.245. The molecule has 0 heterocycles. The maximum absolute atomic E-state index is 14.0. The van der Waals surface area contributed by atoms with Gasteiger partial charge < -0.3 is 10.1 Å². The first kappa shape index (κ1) is 15.5.